The minimum absolute atomic E-state index is 0.0189. The lowest BCUT2D eigenvalue weighted by Crippen LogP contribution is -2.20. The van der Waals surface area contributed by atoms with Gasteiger partial charge in [-0.25, -0.2) is 0 Å². The second kappa shape index (κ2) is 10.2. The van der Waals surface area contributed by atoms with Crippen LogP contribution in [-0.4, -0.2) is 54.9 Å². The van der Waals surface area contributed by atoms with E-state index in [2.05, 4.69) is 31.2 Å². The summed E-state index contributed by atoms with van der Waals surface area (Å²) in [6, 6.07) is 12.4. The van der Waals surface area contributed by atoms with Gasteiger partial charge in [0.1, 0.15) is 23.0 Å². The molecule has 36 heavy (non-hydrogen) atoms. The summed E-state index contributed by atoms with van der Waals surface area (Å²) in [6.45, 7) is 2.26. The van der Waals surface area contributed by atoms with Crippen molar-refractivity contribution in [2.24, 2.45) is 0 Å². The van der Waals surface area contributed by atoms with Crippen LogP contribution in [0.3, 0.4) is 0 Å². The topological polar surface area (TPSA) is 75.6 Å². The van der Waals surface area contributed by atoms with Gasteiger partial charge in [0.2, 0.25) is 0 Å². The Hall–Kier alpha value is -3.58. The third-order valence-electron chi connectivity index (χ3n) is 7.34. The molecule has 2 bridgehead atoms. The number of aliphatic hydroxyl groups excluding tert-OH is 1. The lowest BCUT2D eigenvalue weighted by molar-refractivity contribution is 0.353. The minimum Gasteiger partial charge on any atom is -0.497 e. The Bertz CT molecular complexity index is 1270. The van der Waals surface area contributed by atoms with Crippen LogP contribution < -0.4 is 28.4 Å². The summed E-state index contributed by atoms with van der Waals surface area (Å²) in [4.78, 5) is 0. The normalized spacial score (nSPS) is 18.4. The fraction of sp³-hybridized carbons (Fsp3) is 0.379. The van der Waals surface area contributed by atoms with Crippen LogP contribution in [0.15, 0.2) is 36.4 Å². The molecule has 0 aliphatic heterocycles. The van der Waals surface area contributed by atoms with E-state index in [0.29, 0.717) is 5.75 Å². The minimum atomic E-state index is -0.106. The van der Waals surface area contributed by atoms with Gasteiger partial charge in [0.25, 0.3) is 0 Å². The average molecular weight is 495 g/mol. The number of methoxy groups -OCH3 is 6. The lowest BCUT2D eigenvalue weighted by Gasteiger charge is -2.35. The quantitative estimate of drug-likeness (QED) is 0.512. The Kier molecular flexibility index (Phi) is 7.22. The maximum absolute atomic E-state index is 7.00. The molecule has 0 radical (unpaired) electrons. The third kappa shape index (κ3) is 3.69. The van der Waals surface area contributed by atoms with Crippen molar-refractivity contribution >= 4 is 0 Å². The van der Waals surface area contributed by atoms with Crippen molar-refractivity contribution in [3.05, 3.63) is 69.8 Å². The maximum atomic E-state index is 7.00. The zero-order valence-corrected chi connectivity index (χ0v) is 22.1. The molecule has 0 spiro atoms. The van der Waals surface area contributed by atoms with Gasteiger partial charge in [0.15, 0.2) is 11.5 Å². The van der Waals surface area contributed by atoms with Gasteiger partial charge in [-0.2, -0.15) is 0 Å². The van der Waals surface area contributed by atoms with Crippen molar-refractivity contribution in [3.63, 3.8) is 0 Å². The molecule has 3 atom stereocenters. The van der Waals surface area contributed by atoms with Gasteiger partial charge in [-0.05, 0) is 52.4 Å². The highest BCUT2D eigenvalue weighted by Crippen LogP contribution is 2.62. The Morgan fingerprint density at radius 1 is 0.500 bits per heavy atom. The molecular formula is C29H34O7. The van der Waals surface area contributed by atoms with Crippen molar-refractivity contribution in [2.45, 2.75) is 24.7 Å². The van der Waals surface area contributed by atoms with E-state index in [9.17, 15) is 0 Å². The monoisotopic (exact) mass is 494 g/mol. The van der Waals surface area contributed by atoms with Crippen LogP contribution in [0, 0.1) is 0 Å². The molecule has 192 valence electrons. The molecule has 3 unspecified atom stereocenters. The van der Waals surface area contributed by atoms with E-state index in [1.54, 1.807) is 42.7 Å². The van der Waals surface area contributed by atoms with Gasteiger partial charge in [0.05, 0.1) is 42.7 Å². The maximum Gasteiger partial charge on any atom is 0.161 e. The standard InChI is InChI=1S/C28H30O6.CH4O/c1-14-17-12-21(31-4)22(32-5)13-18(17)26-20-9-16(30-3)10-23(33-6)27(20)25(14)19-8-15(29-2)11-24(34-7)28(19)26;1-2/h8-14,25-26H,1-7H3;2H,1H3. The molecule has 0 fully saturated rings. The zero-order valence-electron chi connectivity index (χ0n) is 22.1. The van der Waals surface area contributed by atoms with Gasteiger partial charge >= 0.3 is 0 Å². The molecule has 3 aromatic rings. The van der Waals surface area contributed by atoms with E-state index in [4.69, 9.17) is 33.5 Å². The second-order valence-corrected chi connectivity index (χ2v) is 8.70. The van der Waals surface area contributed by atoms with Gasteiger partial charge in [-0.3, -0.25) is 0 Å². The molecule has 0 saturated heterocycles. The first-order chi connectivity index (χ1) is 17.5. The zero-order chi connectivity index (χ0) is 26.1. The lowest BCUT2D eigenvalue weighted by atomic mass is 9.70. The van der Waals surface area contributed by atoms with Crippen LogP contribution in [-0.2, 0) is 0 Å². The Morgan fingerprint density at radius 2 is 0.972 bits per heavy atom. The molecule has 3 aromatic carbocycles. The molecule has 7 heteroatoms. The molecule has 7 nitrogen and oxygen atoms in total. The highest BCUT2D eigenvalue weighted by molar-refractivity contribution is 5.72. The van der Waals surface area contributed by atoms with E-state index in [-0.39, 0.29) is 17.8 Å². The molecule has 0 heterocycles. The van der Waals surface area contributed by atoms with E-state index in [1.807, 2.05) is 12.1 Å². The van der Waals surface area contributed by atoms with Crippen molar-refractivity contribution in [1.82, 2.24) is 0 Å². The molecule has 0 aromatic heterocycles. The Balaban J connectivity index is 0.00000148. The summed E-state index contributed by atoms with van der Waals surface area (Å²) in [5.74, 6) is 4.59. The average Bonchev–Trinajstić information content (AvgIpc) is 3.10. The van der Waals surface area contributed by atoms with Crippen LogP contribution in [0.1, 0.15) is 58.1 Å². The summed E-state index contributed by atoms with van der Waals surface area (Å²) in [5.41, 5.74) is 6.99. The number of hydrogen-bond donors (Lipinski definition) is 1. The van der Waals surface area contributed by atoms with Crippen LogP contribution in [0.2, 0.25) is 0 Å². The predicted molar refractivity (Wildman–Crippen MR) is 138 cm³/mol. The van der Waals surface area contributed by atoms with Crippen LogP contribution in [0.5, 0.6) is 34.5 Å². The summed E-state index contributed by atoms with van der Waals surface area (Å²) < 4.78 is 34.6. The first-order valence-corrected chi connectivity index (χ1v) is 11.7. The van der Waals surface area contributed by atoms with Crippen LogP contribution in [0.25, 0.3) is 0 Å². The second-order valence-electron chi connectivity index (χ2n) is 8.70. The number of rotatable bonds is 6. The van der Waals surface area contributed by atoms with Crippen molar-refractivity contribution in [2.75, 3.05) is 49.8 Å². The molecule has 6 rings (SSSR count). The number of aliphatic hydroxyl groups is 1. The SMILES string of the molecule is CO.COc1cc(OC)c2c(c1)C1c3cc(OC)c(OC)cc3C(C)C2c2cc(OC)cc(OC)c21. The fourth-order valence-corrected chi connectivity index (χ4v) is 5.84. The Morgan fingerprint density at radius 3 is 1.47 bits per heavy atom. The fourth-order valence-electron chi connectivity index (χ4n) is 5.84. The van der Waals surface area contributed by atoms with Gasteiger partial charge in [0, 0.05) is 42.2 Å². The summed E-state index contributed by atoms with van der Waals surface area (Å²) in [5, 5.41) is 7.00. The molecule has 0 amide bonds. The van der Waals surface area contributed by atoms with Crippen molar-refractivity contribution < 1.29 is 33.5 Å². The van der Waals surface area contributed by atoms with E-state index >= 15 is 0 Å². The molecule has 0 saturated carbocycles. The predicted octanol–water partition coefficient (Wildman–Crippen LogP) is 5.09. The van der Waals surface area contributed by atoms with Crippen LogP contribution in [0.4, 0.5) is 0 Å². The van der Waals surface area contributed by atoms with Gasteiger partial charge < -0.3 is 33.5 Å². The van der Waals surface area contributed by atoms with Gasteiger partial charge in [-0.15, -0.1) is 0 Å². The first kappa shape index (κ1) is 25.5. The van der Waals surface area contributed by atoms with Crippen molar-refractivity contribution in [3.8, 4) is 34.5 Å². The van der Waals surface area contributed by atoms with Gasteiger partial charge in [-0.1, -0.05) is 6.92 Å². The first-order valence-electron chi connectivity index (χ1n) is 11.7. The van der Waals surface area contributed by atoms with E-state index in [0.717, 1.165) is 58.1 Å². The summed E-state index contributed by atoms with van der Waals surface area (Å²) in [6.07, 6.45) is 0. The summed E-state index contributed by atoms with van der Waals surface area (Å²) >= 11 is 0. The largest absolute Gasteiger partial charge is 0.497 e. The highest BCUT2D eigenvalue weighted by atomic mass is 16.5. The molecule has 3 aliphatic carbocycles. The molecular weight excluding hydrogens is 460 g/mol. The van der Waals surface area contributed by atoms with E-state index in [1.165, 1.54) is 11.1 Å². The Labute approximate surface area is 212 Å². The molecule has 3 aliphatic rings. The summed E-state index contributed by atoms with van der Waals surface area (Å²) in [7, 11) is 11.1. The smallest absolute Gasteiger partial charge is 0.161 e. The molecule has 1 N–H and O–H groups in total. The number of benzene rings is 3. The number of hydrogen-bond acceptors (Lipinski definition) is 7. The number of ether oxygens (including phenoxy) is 6. The highest BCUT2D eigenvalue weighted by Gasteiger charge is 2.46. The third-order valence-corrected chi connectivity index (χ3v) is 7.34. The van der Waals surface area contributed by atoms with Crippen LogP contribution >= 0.6 is 0 Å². The van der Waals surface area contributed by atoms with Crippen molar-refractivity contribution in [1.29, 1.82) is 0 Å². The van der Waals surface area contributed by atoms with E-state index < -0.39 is 0 Å².